The van der Waals surface area contributed by atoms with Crippen molar-refractivity contribution in [2.75, 3.05) is 6.61 Å². The van der Waals surface area contributed by atoms with Crippen molar-refractivity contribution < 1.29 is 9.47 Å². The zero-order valence-corrected chi connectivity index (χ0v) is 18.4. The normalized spacial score (nSPS) is 11.5. The van der Waals surface area contributed by atoms with Gasteiger partial charge in [-0.3, -0.25) is 0 Å². The Morgan fingerprint density at radius 2 is 1.63 bits per heavy atom. The van der Waals surface area contributed by atoms with E-state index < -0.39 is 0 Å². The van der Waals surface area contributed by atoms with Gasteiger partial charge < -0.3 is 14.8 Å². The van der Waals surface area contributed by atoms with Crippen LogP contribution in [0.15, 0.2) is 30.3 Å². The fourth-order valence-corrected chi connectivity index (χ4v) is 3.20. The maximum Gasteiger partial charge on any atom is 0.180 e. The number of hydrogen-bond acceptors (Lipinski definition) is 3. The molecule has 0 saturated carbocycles. The highest BCUT2D eigenvalue weighted by Crippen LogP contribution is 2.38. The Labute approximate surface area is 176 Å². The van der Waals surface area contributed by atoms with Gasteiger partial charge in [-0.2, -0.15) is 0 Å². The minimum atomic E-state index is 0.0498. The molecule has 0 aliphatic heterocycles. The van der Waals surface area contributed by atoms with Crippen LogP contribution in [0.3, 0.4) is 0 Å². The van der Waals surface area contributed by atoms with Crippen molar-refractivity contribution >= 4 is 34.8 Å². The molecule has 2 rings (SSSR count). The first-order valence-corrected chi connectivity index (χ1v) is 10.2. The molecule has 1 N–H and O–H groups in total. The number of hydrogen-bond donors (Lipinski definition) is 1. The fraction of sp³-hybridized carbons (Fsp3) is 0.429. The standard InChI is InChI=1S/C21H26Cl3NO2/c1-5-21(3,4)25-12-14-10-18(24)20(19(11-14)26-6-2)27-13-15-16(22)8-7-9-17(15)23/h7-11,25H,5-6,12-13H2,1-4H3. The average molecular weight is 431 g/mol. The van der Waals surface area contributed by atoms with Crippen LogP contribution in [0.4, 0.5) is 0 Å². The molecule has 0 aliphatic carbocycles. The topological polar surface area (TPSA) is 30.5 Å². The van der Waals surface area contributed by atoms with Gasteiger partial charge in [0.25, 0.3) is 0 Å². The summed E-state index contributed by atoms with van der Waals surface area (Å²) in [5.41, 5.74) is 1.80. The van der Waals surface area contributed by atoms with E-state index in [2.05, 4.69) is 26.1 Å². The number of nitrogens with one attached hydrogen (secondary N) is 1. The summed E-state index contributed by atoms with van der Waals surface area (Å²) in [5, 5.41) is 5.13. The molecule has 0 bridgehead atoms. The first kappa shape index (κ1) is 22.2. The molecule has 148 valence electrons. The van der Waals surface area contributed by atoms with Crippen LogP contribution in [0.5, 0.6) is 11.5 Å². The molecule has 0 aromatic heterocycles. The lowest BCUT2D eigenvalue weighted by Gasteiger charge is -2.25. The SMILES string of the molecule is CCOc1cc(CNC(C)(C)CC)cc(Cl)c1OCc1c(Cl)cccc1Cl. The summed E-state index contributed by atoms with van der Waals surface area (Å²) in [6.07, 6.45) is 1.03. The summed E-state index contributed by atoms with van der Waals surface area (Å²) in [7, 11) is 0. The minimum absolute atomic E-state index is 0.0498. The lowest BCUT2D eigenvalue weighted by Crippen LogP contribution is -2.37. The van der Waals surface area contributed by atoms with Crippen LogP contribution >= 0.6 is 34.8 Å². The van der Waals surface area contributed by atoms with E-state index >= 15 is 0 Å². The number of ether oxygens (including phenoxy) is 2. The quantitative estimate of drug-likeness (QED) is 0.469. The van der Waals surface area contributed by atoms with Gasteiger partial charge in [0.05, 0.1) is 11.6 Å². The van der Waals surface area contributed by atoms with E-state index in [9.17, 15) is 0 Å². The van der Waals surface area contributed by atoms with Crippen molar-refractivity contribution in [1.82, 2.24) is 5.32 Å². The van der Waals surface area contributed by atoms with Gasteiger partial charge in [-0.15, -0.1) is 0 Å². The van der Waals surface area contributed by atoms with Gasteiger partial charge in [0, 0.05) is 27.7 Å². The van der Waals surface area contributed by atoms with E-state index in [0.29, 0.717) is 39.7 Å². The van der Waals surface area contributed by atoms with E-state index in [1.807, 2.05) is 19.1 Å². The van der Waals surface area contributed by atoms with Crippen molar-refractivity contribution in [3.05, 3.63) is 56.5 Å². The Morgan fingerprint density at radius 3 is 2.22 bits per heavy atom. The Bertz CT molecular complexity index is 758. The molecule has 0 atom stereocenters. The van der Waals surface area contributed by atoms with Crippen molar-refractivity contribution in [2.45, 2.75) is 52.8 Å². The predicted octanol–water partition coefficient (Wildman–Crippen LogP) is 6.90. The van der Waals surface area contributed by atoms with E-state index in [0.717, 1.165) is 17.5 Å². The zero-order valence-electron chi connectivity index (χ0n) is 16.2. The summed E-state index contributed by atoms with van der Waals surface area (Å²) in [6.45, 7) is 9.83. The zero-order chi connectivity index (χ0) is 20.0. The second-order valence-electron chi connectivity index (χ2n) is 6.92. The number of benzene rings is 2. The molecule has 0 amide bonds. The number of rotatable bonds is 9. The lowest BCUT2D eigenvalue weighted by molar-refractivity contribution is 0.269. The van der Waals surface area contributed by atoms with Crippen LogP contribution in [0.1, 0.15) is 45.2 Å². The molecule has 3 nitrogen and oxygen atoms in total. The molecule has 2 aromatic rings. The largest absolute Gasteiger partial charge is 0.490 e. The van der Waals surface area contributed by atoms with Crippen molar-refractivity contribution in [1.29, 1.82) is 0 Å². The van der Waals surface area contributed by atoms with Gasteiger partial charge in [-0.1, -0.05) is 47.8 Å². The van der Waals surface area contributed by atoms with Gasteiger partial charge in [-0.25, -0.2) is 0 Å². The van der Waals surface area contributed by atoms with Crippen LogP contribution in [-0.4, -0.2) is 12.1 Å². The van der Waals surface area contributed by atoms with Crippen molar-refractivity contribution in [3.63, 3.8) is 0 Å². The third-order valence-electron chi connectivity index (χ3n) is 4.45. The predicted molar refractivity (Wildman–Crippen MR) is 115 cm³/mol. The van der Waals surface area contributed by atoms with Gasteiger partial charge in [0.15, 0.2) is 11.5 Å². The summed E-state index contributed by atoms with van der Waals surface area (Å²) >= 11 is 18.9. The fourth-order valence-electron chi connectivity index (χ4n) is 2.41. The first-order chi connectivity index (χ1) is 12.8. The maximum absolute atomic E-state index is 6.50. The molecule has 0 radical (unpaired) electrons. The molecule has 0 saturated heterocycles. The van der Waals surface area contributed by atoms with Gasteiger partial charge in [0.2, 0.25) is 0 Å². The third kappa shape index (κ3) is 6.18. The third-order valence-corrected chi connectivity index (χ3v) is 5.44. The monoisotopic (exact) mass is 429 g/mol. The highest BCUT2D eigenvalue weighted by atomic mass is 35.5. The van der Waals surface area contributed by atoms with Crippen LogP contribution in [0.25, 0.3) is 0 Å². The molecular formula is C21H26Cl3NO2. The van der Waals surface area contributed by atoms with Crippen molar-refractivity contribution in [3.8, 4) is 11.5 Å². The molecule has 0 spiro atoms. The molecule has 0 heterocycles. The number of halogens is 3. The second-order valence-corrected chi connectivity index (χ2v) is 8.14. The van der Waals surface area contributed by atoms with E-state index in [-0.39, 0.29) is 12.1 Å². The molecule has 0 fully saturated rings. The molecule has 0 unspecified atom stereocenters. The maximum atomic E-state index is 6.50. The summed E-state index contributed by atoms with van der Waals surface area (Å²) < 4.78 is 11.7. The van der Waals surface area contributed by atoms with Crippen LogP contribution in [-0.2, 0) is 13.2 Å². The van der Waals surface area contributed by atoms with Gasteiger partial charge >= 0.3 is 0 Å². The Morgan fingerprint density at radius 1 is 0.963 bits per heavy atom. The second kappa shape index (κ2) is 9.88. The molecule has 27 heavy (non-hydrogen) atoms. The summed E-state index contributed by atoms with van der Waals surface area (Å²) in [6, 6.07) is 9.21. The highest BCUT2D eigenvalue weighted by Gasteiger charge is 2.17. The Kier molecular flexibility index (Phi) is 8.11. The van der Waals surface area contributed by atoms with E-state index in [4.69, 9.17) is 44.3 Å². The summed E-state index contributed by atoms with van der Waals surface area (Å²) in [5.74, 6) is 1.10. The van der Waals surface area contributed by atoms with Gasteiger partial charge in [-0.05, 0) is 57.0 Å². The lowest BCUT2D eigenvalue weighted by atomic mass is 10.0. The van der Waals surface area contributed by atoms with Crippen LogP contribution in [0, 0.1) is 0 Å². The minimum Gasteiger partial charge on any atom is -0.490 e. The average Bonchev–Trinajstić information content (AvgIpc) is 2.61. The molecule has 6 heteroatoms. The highest BCUT2D eigenvalue weighted by molar-refractivity contribution is 6.36. The van der Waals surface area contributed by atoms with Crippen LogP contribution in [0.2, 0.25) is 15.1 Å². The first-order valence-electron chi connectivity index (χ1n) is 9.03. The van der Waals surface area contributed by atoms with Gasteiger partial charge in [0.1, 0.15) is 6.61 Å². The van der Waals surface area contributed by atoms with Crippen LogP contribution < -0.4 is 14.8 Å². The Balaban J connectivity index is 2.22. The molecule has 2 aromatic carbocycles. The van der Waals surface area contributed by atoms with E-state index in [1.165, 1.54) is 0 Å². The smallest absolute Gasteiger partial charge is 0.180 e. The Hall–Kier alpha value is -1.13. The summed E-state index contributed by atoms with van der Waals surface area (Å²) in [4.78, 5) is 0. The molecular weight excluding hydrogens is 405 g/mol. The molecule has 0 aliphatic rings. The van der Waals surface area contributed by atoms with Crippen molar-refractivity contribution in [2.24, 2.45) is 0 Å². The van der Waals surface area contributed by atoms with E-state index in [1.54, 1.807) is 18.2 Å².